The van der Waals surface area contributed by atoms with Gasteiger partial charge in [0.2, 0.25) is 0 Å². The molecule has 0 aromatic heterocycles. The monoisotopic (exact) mass is 288 g/mol. The Balaban J connectivity index is 2.04. The Labute approximate surface area is 118 Å². The van der Waals surface area contributed by atoms with Crippen LogP contribution in [0.1, 0.15) is 12.5 Å². The van der Waals surface area contributed by atoms with Gasteiger partial charge in [-0.2, -0.15) is 0 Å². The van der Waals surface area contributed by atoms with Crippen LogP contribution in [-0.4, -0.2) is 36.7 Å². The maximum atomic E-state index is 6.03. The van der Waals surface area contributed by atoms with Gasteiger partial charge in [0.25, 0.3) is 0 Å². The van der Waals surface area contributed by atoms with Crippen molar-refractivity contribution in [2.45, 2.75) is 25.6 Å². The van der Waals surface area contributed by atoms with E-state index < -0.39 is 0 Å². The second-order valence-corrected chi connectivity index (χ2v) is 5.53. The van der Waals surface area contributed by atoms with Crippen LogP contribution in [0.2, 0.25) is 10.0 Å². The molecule has 1 aromatic carbocycles. The number of nitrogens with zero attached hydrogens (tertiary/aromatic N) is 1. The highest BCUT2D eigenvalue weighted by atomic mass is 35.5. The lowest BCUT2D eigenvalue weighted by molar-refractivity contribution is -0.0567. The van der Waals surface area contributed by atoms with Crippen molar-refractivity contribution >= 4 is 23.2 Å². The van der Waals surface area contributed by atoms with Crippen LogP contribution in [0.25, 0.3) is 0 Å². The quantitative estimate of drug-likeness (QED) is 0.929. The van der Waals surface area contributed by atoms with E-state index in [-0.39, 0.29) is 6.10 Å². The highest BCUT2D eigenvalue weighted by molar-refractivity contribution is 6.42. The van der Waals surface area contributed by atoms with Gasteiger partial charge in [-0.3, -0.25) is 4.90 Å². The minimum atomic E-state index is 0.129. The van der Waals surface area contributed by atoms with Gasteiger partial charge in [-0.1, -0.05) is 29.3 Å². The van der Waals surface area contributed by atoms with Crippen LogP contribution in [0.15, 0.2) is 18.2 Å². The summed E-state index contributed by atoms with van der Waals surface area (Å²) in [6, 6.07) is 6.16. The van der Waals surface area contributed by atoms with Crippen LogP contribution in [-0.2, 0) is 11.3 Å². The maximum absolute atomic E-state index is 6.03. The van der Waals surface area contributed by atoms with Gasteiger partial charge in [-0.15, -0.1) is 0 Å². The summed E-state index contributed by atoms with van der Waals surface area (Å²) in [7, 11) is 0. The Morgan fingerprint density at radius 1 is 1.39 bits per heavy atom. The molecule has 1 aromatic rings. The van der Waals surface area contributed by atoms with Gasteiger partial charge >= 0.3 is 0 Å². The van der Waals surface area contributed by atoms with Crippen LogP contribution in [0.5, 0.6) is 0 Å². The van der Waals surface area contributed by atoms with Gasteiger partial charge in [0.15, 0.2) is 0 Å². The molecular formula is C13H18Cl2N2O. The SMILES string of the molecule is C[C@@H]1CO[C@H](CN)CN1Cc1ccc(Cl)c(Cl)c1. The molecule has 100 valence electrons. The lowest BCUT2D eigenvalue weighted by Crippen LogP contribution is -2.49. The third kappa shape index (κ3) is 3.37. The third-order valence-corrected chi connectivity index (χ3v) is 4.01. The summed E-state index contributed by atoms with van der Waals surface area (Å²) < 4.78 is 5.64. The van der Waals surface area contributed by atoms with Crippen molar-refractivity contribution in [3.8, 4) is 0 Å². The summed E-state index contributed by atoms with van der Waals surface area (Å²) >= 11 is 11.9. The first kappa shape index (κ1) is 14.1. The van der Waals surface area contributed by atoms with E-state index >= 15 is 0 Å². The van der Waals surface area contributed by atoms with E-state index in [4.69, 9.17) is 33.7 Å². The van der Waals surface area contributed by atoms with Crippen molar-refractivity contribution in [3.63, 3.8) is 0 Å². The van der Waals surface area contributed by atoms with Crippen molar-refractivity contribution in [1.29, 1.82) is 0 Å². The Bertz CT molecular complexity index is 414. The van der Waals surface area contributed by atoms with Crippen LogP contribution >= 0.6 is 23.2 Å². The number of morpholine rings is 1. The first-order chi connectivity index (χ1) is 8.60. The summed E-state index contributed by atoms with van der Waals surface area (Å²) in [6.45, 7) is 5.15. The number of benzene rings is 1. The lowest BCUT2D eigenvalue weighted by Gasteiger charge is -2.37. The maximum Gasteiger partial charge on any atom is 0.0824 e. The molecule has 2 atom stereocenters. The number of nitrogens with two attached hydrogens (primary N) is 1. The topological polar surface area (TPSA) is 38.5 Å². The normalized spacial score (nSPS) is 25.3. The molecule has 1 fully saturated rings. The first-order valence-electron chi connectivity index (χ1n) is 6.09. The zero-order chi connectivity index (χ0) is 13.1. The molecule has 0 saturated carbocycles. The van der Waals surface area contributed by atoms with E-state index in [0.29, 0.717) is 22.6 Å². The Hall–Kier alpha value is -0.320. The molecule has 0 radical (unpaired) electrons. The van der Waals surface area contributed by atoms with E-state index in [2.05, 4.69) is 11.8 Å². The molecule has 3 nitrogen and oxygen atoms in total. The Kier molecular flexibility index (Phi) is 4.87. The van der Waals surface area contributed by atoms with Gasteiger partial charge < -0.3 is 10.5 Å². The number of halogens is 2. The molecule has 2 rings (SSSR count). The zero-order valence-corrected chi connectivity index (χ0v) is 11.9. The van der Waals surface area contributed by atoms with Gasteiger partial charge in [0.1, 0.15) is 0 Å². The lowest BCUT2D eigenvalue weighted by atomic mass is 10.1. The summed E-state index contributed by atoms with van der Waals surface area (Å²) in [5, 5.41) is 1.20. The predicted octanol–water partition coefficient (Wildman–Crippen LogP) is 2.54. The molecule has 0 aliphatic carbocycles. The number of ether oxygens (including phenoxy) is 1. The molecule has 1 saturated heterocycles. The molecule has 1 heterocycles. The Morgan fingerprint density at radius 3 is 2.83 bits per heavy atom. The molecule has 1 aliphatic heterocycles. The van der Waals surface area contributed by atoms with Crippen LogP contribution in [0.3, 0.4) is 0 Å². The summed E-state index contributed by atoms with van der Waals surface area (Å²) in [6.07, 6.45) is 0.129. The second-order valence-electron chi connectivity index (χ2n) is 4.72. The first-order valence-corrected chi connectivity index (χ1v) is 6.85. The van der Waals surface area contributed by atoms with Crippen LogP contribution < -0.4 is 5.73 Å². The second kappa shape index (κ2) is 6.22. The van der Waals surface area contributed by atoms with Gasteiger partial charge in [-0.05, 0) is 24.6 Å². The van der Waals surface area contributed by atoms with Crippen LogP contribution in [0, 0.1) is 0 Å². The molecular weight excluding hydrogens is 271 g/mol. The largest absolute Gasteiger partial charge is 0.374 e. The molecule has 0 unspecified atom stereocenters. The highest BCUT2D eigenvalue weighted by Gasteiger charge is 2.25. The molecule has 18 heavy (non-hydrogen) atoms. The van der Waals surface area contributed by atoms with Crippen molar-refractivity contribution in [2.24, 2.45) is 5.73 Å². The minimum Gasteiger partial charge on any atom is -0.374 e. The van der Waals surface area contributed by atoms with E-state index in [9.17, 15) is 0 Å². The summed E-state index contributed by atoms with van der Waals surface area (Å²) in [5.74, 6) is 0. The van der Waals surface area contributed by atoms with Gasteiger partial charge in [-0.25, -0.2) is 0 Å². The van der Waals surface area contributed by atoms with E-state index in [1.165, 1.54) is 0 Å². The number of hydrogen-bond donors (Lipinski definition) is 1. The standard InChI is InChI=1S/C13H18Cl2N2O/c1-9-8-18-11(5-16)7-17(9)6-10-2-3-12(14)13(15)4-10/h2-4,9,11H,5-8,16H2,1H3/t9-,11-/m1/s1. The van der Waals surface area contributed by atoms with Crippen molar-refractivity contribution < 1.29 is 4.74 Å². The molecule has 0 amide bonds. The molecule has 1 aliphatic rings. The average Bonchev–Trinajstić information content (AvgIpc) is 2.36. The van der Waals surface area contributed by atoms with Gasteiger partial charge in [0, 0.05) is 25.7 Å². The molecule has 0 spiro atoms. The van der Waals surface area contributed by atoms with E-state index in [1.807, 2.05) is 18.2 Å². The van der Waals surface area contributed by atoms with E-state index in [0.717, 1.165) is 25.3 Å². The summed E-state index contributed by atoms with van der Waals surface area (Å²) in [4.78, 5) is 2.36. The molecule has 2 N–H and O–H groups in total. The van der Waals surface area contributed by atoms with Crippen molar-refractivity contribution in [2.75, 3.05) is 19.7 Å². The smallest absolute Gasteiger partial charge is 0.0824 e. The fourth-order valence-electron chi connectivity index (χ4n) is 2.11. The van der Waals surface area contributed by atoms with Crippen molar-refractivity contribution in [3.05, 3.63) is 33.8 Å². The predicted molar refractivity (Wildman–Crippen MR) is 75.1 cm³/mol. The minimum absolute atomic E-state index is 0.129. The van der Waals surface area contributed by atoms with Crippen molar-refractivity contribution in [1.82, 2.24) is 4.90 Å². The third-order valence-electron chi connectivity index (χ3n) is 3.27. The fraction of sp³-hybridized carbons (Fsp3) is 0.538. The summed E-state index contributed by atoms with van der Waals surface area (Å²) in [5.41, 5.74) is 6.82. The Morgan fingerprint density at radius 2 is 2.17 bits per heavy atom. The number of rotatable bonds is 3. The molecule has 5 heteroatoms. The van der Waals surface area contributed by atoms with Gasteiger partial charge in [0.05, 0.1) is 22.8 Å². The number of hydrogen-bond acceptors (Lipinski definition) is 3. The fourth-order valence-corrected chi connectivity index (χ4v) is 2.43. The molecule has 0 bridgehead atoms. The average molecular weight is 289 g/mol. The highest BCUT2D eigenvalue weighted by Crippen LogP contribution is 2.24. The zero-order valence-electron chi connectivity index (χ0n) is 10.4. The van der Waals surface area contributed by atoms with E-state index in [1.54, 1.807) is 0 Å². The van der Waals surface area contributed by atoms with Crippen LogP contribution in [0.4, 0.5) is 0 Å².